The van der Waals surface area contributed by atoms with Gasteiger partial charge in [0.05, 0.1) is 0 Å². The van der Waals surface area contributed by atoms with Crippen molar-refractivity contribution in [2.75, 3.05) is 20.1 Å². The molecule has 1 aliphatic heterocycles. The number of nitrogens with one attached hydrogen (secondary N) is 1. The van der Waals surface area contributed by atoms with Gasteiger partial charge in [-0.15, -0.1) is 0 Å². The average molecular weight is 226 g/mol. The van der Waals surface area contributed by atoms with Gasteiger partial charge in [0.25, 0.3) is 0 Å². The maximum absolute atomic E-state index is 11.7. The maximum Gasteiger partial charge on any atom is 0.222 e. The Bertz CT molecular complexity index is 238. The van der Waals surface area contributed by atoms with Crippen molar-refractivity contribution in [3.05, 3.63) is 0 Å². The second-order valence-corrected chi connectivity index (χ2v) is 5.82. The number of nitrogens with zero attached hydrogens (tertiary/aromatic N) is 1. The number of carbonyl (C=O) groups excluding carboxylic acids is 1. The van der Waals surface area contributed by atoms with Crippen molar-refractivity contribution in [1.82, 2.24) is 10.2 Å². The molecule has 0 radical (unpaired) electrons. The molecule has 0 aromatic heterocycles. The third kappa shape index (κ3) is 3.78. The SMILES string of the molecule is CC(C)C(=O)NC1CC(C(C)C)CN(C)C1. The summed E-state index contributed by atoms with van der Waals surface area (Å²) in [7, 11) is 2.14. The van der Waals surface area contributed by atoms with Gasteiger partial charge in [-0.3, -0.25) is 4.79 Å². The summed E-state index contributed by atoms with van der Waals surface area (Å²) in [5, 5.41) is 3.15. The van der Waals surface area contributed by atoms with Gasteiger partial charge in [-0.1, -0.05) is 27.7 Å². The van der Waals surface area contributed by atoms with Crippen LogP contribution in [0.25, 0.3) is 0 Å². The first-order valence-corrected chi connectivity index (χ1v) is 6.39. The van der Waals surface area contributed by atoms with Crippen LogP contribution in [0.3, 0.4) is 0 Å². The van der Waals surface area contributed by atoms with Crippen LogP contribution in [-0.4, -0.2) is 37.0 Å². The molecule has 94 valence electrons. The van der Waals surface area contributed by atoms with E-state index in [1.807, 2.05) is 13.8 Å². The molecular formula is C13H26N2O. The molecule has 1 N–H and O–H groups in total. The highest BCUT2D eigenvalue weighted by Gasteiger charge is 2.28. The van der Waals surface area contributed by atoms with Crippen molar-refractivity contribution >= 4 is 5.91 Å². The molecule has 16 heavy (non-hydrogen) atoms. The minimum atomic E-state index is 0.0877. The van der Waals surface area contributed by atoms with E-state index in [9.17, 15) is 4.79 Å². The Morgan fingerprint density at radius 3 is 2.38 bits per heavy atom. The second-order valence-electron chi connectivity index (χ2n) is 5.82. The third-order valence-corrected chi connectivity index (χ3v) is 3.48. The molecule has 1 rings (SSSR count). The number of carbonyl (C=O) groups is 1. The van der Waals surface area contributed by atoms with Gasteiger partial charge in [-0.25, -0.2) is 0 Å². The van der Waals surface area contributed by atoms with E-state index < -0.39 is 0 Å². The molecule has 0 aromatic carbocycles. The fourth-order valence-electron chi connectivity index (χ4n) is 2.32. The molecule has 0 bridgehead atoms. The Labute approximate surface area is 99.6 Å². The zero-order valence-electron chi connectivity index (χ0n) is 11.3. The Hall–Kier alpha value is -0.570. The summed E-state index contributed by atoms with van der Waals surface area (Å²) in [5.41, 5.74) is 0. The van der Waals surface area contributed by atoms with Crippen LogP contribution in [0, 0.1) is 17.8 Å². The predicted molar refractivity (Wildman–Crippen MR) is 67.2 cm³/mol. The normalized spacial score (nSPS) is 27.4. The van der Waals surface area contributed by atoms with Crippen LogP contribution in [0.15, 0.2) is 0 Å². The van der Waals surface area contributed by atoms with Crippen LogP contribution in [0.5, 0.6) is 0 Å². The van der Waals surface area contributed by atoms with Gasteiger partial charge < -0.3 is 10.2 Å². The summed E-state index contributed by atoms with van der Waals surface area (Å²) in [6.07, 6.45) is 1.13. The smallest absolute Gasteiger partial charge is 0.222 e. The molecule has 2 unspecified atom stereocenters. The predicted octanol–water partition coefficient (Wildman–Crippen LogP) is 1.73. The minimum Gasteiger partial charge on any atom is -0.352 e. The van der Waals surface area contributed by atoms with Crippen molar-refractivity contribution in [2.24, 2.45) is 17.8 Å². The molecule has 0 saturated carbocycles. The number of likely N-dealkylation sites (N-methyl/N-ethyl adjacent to an activating group) is 1. The van der Waals surface area contributed by atoms with Crippen LogP contribution in [-0.2, 0) is 4.79 Å². The van der Waals surface area contributed by atoms with E-state index in [2.05, 4.69) is 31.1 Å². The zero-order chi connectivity index (χ0) is 12.3. The van der Waals surface area contributed by atoms with Gasteiger partial charge in [-0.2, -0.15) is 0 Å². The summed E-state index contributed by atoms with van der Waals surface area (Å²) < 4.78 is 0. The number of piperidine rings is 1. The van der Waals surface area contributed by atoms with E-state index in [1.54, 1.807) is 0 Å². The lowest BCUT2D eigenvalue weighted by Gasteiger charge is -2.38. The van der Waals surface area contributed by atoms with Crippen molar-refractivity contribution in [3.8, 4) is 0 Å². The monoisotopic (exact) mass is 226 g/mol. The molecule has 0 spiro atoms. The van der Waals surface area contributed by atoms with Gasteiger partial charge in [0, 0.05) is 25.0 Å². The van der Waals surface area contributed by atoms with Crippen molar-refractivity contribution in [2.45, 2.75) is 40.2 Å². The van der Waals surface area contributed by atoms with E-state index in [1.165, 1.54) is 0 Å². The largest absolute Gasteiger partial charge is 0.352 e. The molecule has 2 atom stereocenters. The molecular weight excluding hydrogens is 200 g/mol. The average Bonchev–Trinajstić information content (AvgIpc) is 2.16. The highest BCUT2D eigenvalue weighted by Crippen LogP contribution is 2.23. The number of likely N-dealkylation sites (tertiary alicyclic amines) is 1. The van der Waals surface area contributed by atoms with Crippen LogP contribution < -0.4 is 5.32 Å². The van der Waals surface area contributed by atoms with E-state index in [-0.39, 0.29) is 11.8 Å². The number of amides is 1. The van der Waals surface area contributed by atoms with Crippen molar-refractivity contribution < 1.29 is 4.79 Å². The molecule has 1 amide bonds. The molecule has 0 aromatic rings. The van der Waals surface area contributed by atoms with E-state index in [0.29, 0.717) is 17.9 Å². The third-order valence-electron chi connectivity index (χ3n) is 3.48. The molecule has 3 heteroatoms. The van der Waals surface area contributed by atoms with Crippen LogP contribution >= 0.6 is 0 Å². The summed E-state index contributed by atoms with van der Waals surface area (Å²) in [4.78, 5) is 14.0. The lowest BCUT2D eigenvalue weighted by Crippen LogP contribution is -2.51. The summed E-state index contributed by atoms with van der Waals surface area (Å²) >= 11 is 0. The number of hydrogen-bond acceptors (Lipinski definition) is 2. The van der Waals surface area contributed by atoms with Gasteiger partial charge in [0.2, 0.25) is 5.91 Å². The molecule has 1 aliphatic rings. The first kappa shape index (κ1) is 13.5. The van der Waals surface area contributed by atoms with Crippen LogP contribution in [0.2, 0.25) is 0 Å². The second kappa shape index (κ2) is 5.67. The fraction of sp³-hybridized carbons (Fsp3) is 0.923. The molecule has 1 heterocycles. The van der Waals surface area contributed by atoms with Gasteiger partial charge >= 0.3 is 0 Å². The fourth-order valence-corrected chi connectivity index (χ4v) is 2.32. The quantitative estimate of drug-likeness (QED) is 0.795. The van der Waals surface area contributed by atoms with E-state index in [0.717, 1.165) is 19.5 Å². The molecule has 1 fully saturated rings. The first-order chi connectivity index (χ1) is 7.40. The molecule has 1 saturated heterocycles. The summed E-state index contributed by atoms with van der Waals surface area (Å²) in [6, 6.07) is 0.334. The molecule has 0 aliphatic carbocycles. The Balaban J connectivity index is 2.51. The highest BCUT2D eigenvalue weighted by molar-refractivity contribution is 5.78. The van der Waals surface area contributed by atoms with Crippen molar-refractivity contribution in [3.63, 3.8) is 0 Å². The van der Waals surface area contributed by atoms with E-state index >= 15 is 0 Å². The number of hydrogen-bond donors (Lipinski definition) is 1. The van der Waals surface area contributed by atoms with Crippen molar-refractivity contribution in [1.29, 1.82) is 0 Å². The zero-order valence-corrected chi connectivity index (χ0v) is 11.3. The lowest BCUT2D eigenvalue weighted by atomic mass is 9.85. The van der Waals surface area contributed by atoms with Gasteiger partial charge in [-0.05, 0) is 25.3 Å². The number of rotatable bonds is 3. The topological polar surface area (TPSA) is 32.3 Å². The first-order valence-electron chi connectivity index (χ1n) is 6.39. The van der Waals surface area contributed by atoms with E-state index in [4.69, 9.17) is 0 Å². The minimum absolute atomic E-state index is 0.0877. The van der Waals surface area contributed by atoms with Gasteiger partial charge in [0.1, 0.15) is 0 Å². The Kier molecular flexibility index (Phi) is 4.78. The molecule has 3 nitrogen and oxygen atoms in total. The van der Waals surface area contributed by atoms with Crippen LogP contribution in [0.1, 0.15) is 34.1 Å². The summed E-state index contributed by atoms with van der Waals surface area (Å²) in [6.45, 7) is 10.6. The van der Waals surface area contributed by atoms with Gasteiger partial charge in [0.15, 0.2) is 0 Å². The Morgan fingerprint density at radius 1 is 1.25 bits per heavy atom. The standard InChI is InChI=1S/C13H26N2O/c1-9(2)11-6-12(8-15(5)7-11)14-13(16)10(3)4/h9-12H,6-8H2,1-5H3,(H,14,16). The Morgan fingerprint density at radius 2 is 1.88 bits per heavy atom. The van der Waals surface area contributed by atoms with Crippen LogP contribution in [0.4, 0.5) is 0 Å². The lowest BCUT2D eigenvalue weighted by molar-refractivity contribution is -0.125. The highest BCUT2D eigenvalue weighted by atomic mass is 16.1. The maximum atomic E-state index is 11.7. The summed E-state index contributed by atoms with van der Waals surface area (Å²) in [5.74, 6) is 1.67.